The smallest absolute Gasteiger partial charge is 0.148 e. The lowest BCUT2D eigenvalue weighted by Crippen LogP contribution is -1.91. The summed E-state index contributed by atoms with van der Waals surface area (Å²) < 4.78 is 5.76. The molecule has 0 saturated heterocycles. The molecule has 0 spiro atoms. The minimum Gasteiger partial charge on any atom is -0.456 e. The predicted octanol–water partition coefficient (Wildman–Crippen LogP) is 3.73. The third-order valence-electron chi connectivity index (χ3n) is 2.76. The van der Waals surface area contributed by atoms with E-state index in [0.29, 0.717) is 23.5 Å². The Morgan fingerprint density at radius 3 is 2.42 bits per heavy atom. The highest BCUT2D eigenvalue weighted by molar-refractivity contribution is 5.50. The van der Waals surface area contributed by atoms with Gasteiger partial charge in [0.25, 0.3) is 0 Å². The summed E-state index contributed by atoms with van der Waals surface area (Å²) in [5.74, 6) is 1.24. The van der Waals surface area contributed by atoms with Gasteiger partial charge < -0.3 is 4.74 Å². The fourth-order valence-electron chi connectivity index (χ4n) is 1.76. The molecule has 0 fully saturated rings. The lowest BCUT2D eigenvalue weighted by molar-refractivity contribution is 0.477. The molecule has 0 aliphatic carbocycles. The van der Waals surface area contributed by atoms with Gasteiger partial charge in [-0.25, -0.2) is 0 Å². The molecule has 0 aliphatic heterocycles. The van der Waals surface area contributed by atoms with Crippen LogP contribution in [0.3, 0.4) is 0 Å². The summed E-state index contributed by atoms with van der Waals surface area (Å²) >= 11 is 0. The summed E-state index contributed by atoms with van der Waals surface area (Å²) in [5, 5.41) is 17.7. The van der Waals surface area contributed by atoms with Crippen molar-refractivity contribution in [3.8, 4) is 23.6 Å². The van der Waals surface area contributed by atoms with Crippen molar-refractivity contribution in [2.24, 2.45) is 0 Å². The van der Waals surface area contributed by atoms with E-state index in [1.165, 1.54) is 0 Å². The van der Waals surface area contributed by atoms with Crippen LogP contribution in [0, 0.1) is 29.6 Å². The number of nitriles is 2. The summed E-state index contributed by atoms with van der Waals surface area (Å²) in [7, 11) is 0. The Kier molecular flexibility index (Phi) is 3.81. The largest absolute Gasteiger partial charge is 0.456 e. The van der Waals surface area contributed by atoms with Gasteiger partial charge in [0.2, 0.25) is 0 Å². The van der Waals surface area contributed by atoms with Crippen LogP contribution in [0.15, 0.2) is 42.5 Å². The van der Waals surface area contributed by atoms with Crippen molar-refractivity contribution in [3.05, 3.63) is 59.2 Å². The molecule has 0 radical (unpaired) electrons. The number of benzene rings is 2. The summed E-state index contributed by atoms with van der Waals surface area (Å²) in [6.45, 7) is 1.90. The minimum atomic E-state index is 0.383. The minimum absolute atomic E-state index is 0.383. The molecule has 0 aliphatic rings. The number of para-hydroxylation sites is 1. The van der Waals surface area contributed by atoms with E-state index in [0.717, 1.165) is 11.1 Å². The highest BCUT2D eigenvalue weighted by Crippen LogP contribution is 2.28. The highest BCUT2D eigenvalue weighted by Gasteiger charge is 2.07. The molecule has 0 heterocycles. The number of hydrogen-bond acceptors (Lipinski definition) is 3. The van der Waals surface area contributed by atoms with Gasteiger partial charge in [0.1, 0.15) is 17.6 Å². The third kappa shape index (κ3) is 2.91. The van der Waals surface area contributed by atoms with Crippen molar-refractivity contribution < 1.29 is 4.74 Å². The van der Waals surface area contributed by atoms with Gasteiger partial charge in [-0.3, -0.25) is 0 Å². The van der Waals surface area contributed by atoms with Gasteiger partial charge >= 0.3 is 0 Å². The van der Waals surface area contributed by atoms with Crippen molar-refractivity contribution in [2.75, 3.05) is 0 Å². The van der Waals surface area contributed by atoms with E-state index in [1.54, 1.807) is 18.2 Å². The van der Waals surface area contributed by atoms with Crippen molar-refractivity contribution in [3.63, 3.8) is 0 Å². The second kappa shape index (κ2) is 5.71. The third-order valence-corrected chi connectivity index (χ3v) is 2.76. The van der Waals surface area contributed by atoms with E-state index >= 15 is 0 Å². The van der Waals surface area contributed by atoms with Crippen LogP contribution in [0.1, 0.15) is 16.7 Å². The van der Waals surface area contributed by atoms with Crippen LogP contribution in [-0.4, -0.2) is 0 Å². The Bertz CT molecular complexity index is 661. The number of hydrogen-bond donors (Lipinski definition) is 0. The molecular weight excluding hydrogens is 236 g/mol. The van der Waals surface area contributed by atoms with E-state index < -0.39 is 0 Å². The lowest BCUT2D eigenvalue weighted by Gasteiger charge is -2.10. The zero-order valence-corrected chi connectivity index (χ0v) is 10.6. The molecule has 0 saturated carbocycles. The van der Waals surface area contributed by atoms with Crippen molar-refractivity contribution >= 4 is 0 Å². The Hall–Kier alpha value is -2.78. The average Bonchev–Trinajstić information content (AvgIpc) is 2.43. The van der Waals surface area contributed by atoms with E-state index in [9.17, 15) is 0 Å². The van der Waals surface area contributed by atoms with E-state index in [4.69, 9.17) is 15.3 Å². The highest BCUT2D eigenvalue weighted by atomic mass is 16.5. The first-order chi connectivity index (χ1) is 9.24. The maximum absolute atomic E-state index is 9.07. The summed E-state index contributed by atoms with van der Waals surface area (Å²) in [6.07, 6.45) is 0.383. The van der Waals surface area contributed by atoms with Crippen LogP contribution in [0.5, 0.6) is 11.5 Å². The first-order valence-corrected chi connectivity index (χ1v) is 5.88. The Morgan fingerprint density at radius 1 is 1.05 bits per heavy atom. The molecule has 0 N–H and O–H groups in total. The molecule has 2 aromatic carbocycles. The summed E-state index contributed by atoms with van der Waals surface area (Å²) in [5.41, 5.74) is 2.38. The maximum Gasteiger partial charge on any atom is 0.148 e. The Balaban J connectivity index is 2.27. The van der Waals surface area contributed by atoms with Crippen LogP contribution < -0.4 is 4.74 Å². The van der Waals surface area contributed by atoms with E-state index in [-0.39, 0.29) is 0 Å². The predicted molar refractivity (Wildman–Crippen MR) is 71.7 cm³/mol. The van der Waals surface area contributed by atoms with Crippen LogP contribution in [0.25, 0.3) is 0 Å². The molecule has 0 bridgehead atoms. The standard InChI is InChI=1S/C16H12N2O/c1-12-3-2-4-14(11-18)16(12)19-15-7-5-13(6-8-15)9-10-17/h2-8H,9H2,1H3. The SMILES string of the molecule is Cc1cccc(C#N)c1Oc1ccc(CC#N)cc1. The van der Waals surface area contributed by atoms with Crippen molar-refractivity contribution in [1.29, 1.82) is 10.5 Å². The molecule has 0 aromatic heterocycles. The molecule has 3 heteroatoms. The fourth-order valence-corrected chi connectivity index (χ4v) is 1.76. The second-order valence-corrected chi connectivity index (χ2v) is 4.14. The zero-order chi connectivity index (χ0) is 13.7. The second-order valence-electron chi connectivity index (χ2n) is 4.14. The van der Waals surface area contributed by atoms with Gasteiger partial charge in [0.05, 0.1) is 18.1 Å². The number of ether oxygens (including phenoxy) is 1. The monoisotopic (exact) mass is 248 g/mol. The molecule has 3 nitrogen and oxygen atoms in total. The normalized spacial score (nSPS) is 9.42. The van der Waals surface area contributed by atoms with Crippen LogP contribution in [0.4, 0.5) is 0 Å². The van der Waals surface area contributed by atoms with Gasteiger partial charge in [-0.05, 0) is 36.2 Å². The Labute approximate surface area is 112 Å². The van der Waals surface area contributed by atoms with Crippen molar-refractivity contribution in [1.82, 2.24) is 0 Å². The zero-order valence-electron chi connectivity index (χ0n) is 10.6. The number of rotatable bonds is 3. The van der Waals surface area contributed by atoms with Crippen LogP contribution >= 0.6 is 0 Å². The van der Waals surface area contributed by atoms with Gasteiger partial charge in [-0.1, -0.05) is 24.3 Å². The van der Waals surface area contributed by atoms with E-state index in [2.05, 4.69) is 12.1 Å². The molecule has 0 unspecified atom stereocenters. The van der Waals surface area contributed by atoms with Gasteiger partial charge in [0, 0.05) is 0 Å². The van der Waals surface area contributed by atoms with Crippen molar-refractivity contribution in [2.45, 2.75) is 13.3 Å². The first kappa shape index (κ1) is 12.7. The Morgan fingerprint density at radius 2 is 1.79 bits per heavy atom. The maximum atomic E-state index is 9.07. The quantitative estimate of drug-likeness (QED) is 0.831. The van der Waals surface area contributed by atoms with Gasteiger partial charge in [-0.2, -0.15) is 10.5 Å². The summed E-state index contributed by atoms with van der Waals surface area (Å²) in [6, 6.07) is 17.0. The first-order valence-electron chi connectivity index (χ1n) is 5.88. The molecule has 2 aromatic rings. The number of aryl methyl sites for hydroxylation is 1. The molecule has 92 valence electrons. The van der Waals surface area contributed by atoms with Gasteiger partial charge in [-0.15, -0.1) is 0 Å². The average molecular weight is 248 g/mol. The van der Waals surface area contributed by atoms with Crippen LogP contribution in [0.2, 0.25) is 0 Å². The van der Waals surface area contributed by atoms with Crippen LogP contribution in [-0.2, 0) is 6.42 Å². The number of nitrogens with zero attached hydrogens (tertiary/aromatic N) is 2. The fraction of sp³-hybridized carbons (Fsp3) is 0.125. The molecular formula is C16H12N2O. The summed E-state index contributed by atoms with van der Waals surface area (Å²) in [4.78, 5) is 0. The lowest BCUT2D eigenvalue weighted by atomic mass is 10.1. The topological polar surface area (TPSA) is 56.8 Å². The molecule has 2 rings (SSSR count). The van der Waals surface area contributed by atoms with Gasteiger partial charge in [0.15, 0.2) is 0 Å². The molecule has 0 amide bonds. The van der Waals surface area contributed by atoms with E-state index in [1.807, 2.05) is 31.2 Å². The molecule has 19 heavy (non-hydrogen) atoms. The molecule has 0 atom stereocenters.